The summed E-state index contributed by atoms with van der Waals surface area (Å²) in [6.07, 6.45) is 7.51. The van der Waals surface area contributed by atoms with E-state index < -0.39 is 0 Å². The van der Waals surface area contributed by atoms with Crippen LogP contribution < -0.4 is 0 Å². The second-order valence-corrected chi connectivity index (χ2v) is 4.48. The van der Waals surface area contributed by atoms with Crippen molar-refractivity contribution in [2.24, 2.45) is 11.8 Å². The number of hydrogen-bond donors (Lipinski definition) is 0. The lowest BCUT2D eigenvalue weighted by Gasteiger charge is -2.35. The molecule has 0 aliphatic heterocycles. The molecule has 2 rings (SSSR count). The first-order chi connectivity index (χ1) is 6.29. The molecule has 0 aromatic heterocycles. The van der Waals surface area contributed by atoms with E-state index in [1.54, 1.807) is 0 Å². The molecule has 0 saturated heterocycles. The van der Waals surface area contributed by atoms with Crippen molar-refractivity contribution in [2.45, 2.75) is 52.0 Å². The van der Waals surface area contributed by atoms with Crippen LogP contribution in [0.25, 0.3) is 0 Å². The number of hydrogen-bond acceptors (Lipinski definition) is 1. The summed E-state index contributed by atoms with van der Waals surface area (Å²) < 4.78 is 0. The van der Waals surface area contributed by atoms with Crippen molar-refractivity contribution in [3.63, 3.8) is 0 Å². The summed E-state index contributed by atoms with van der Waals surface area (Å²) >= 11 is 0. The van der Waals surface area contributed by atoms with Crippen LogP contribution in [0, 0.1) is 11.8 Å². The van der Waals surface area contributed by atoms with Gasteiger partial charge >= 0.3 is 0 Å². The molecule has 2 unspecified atom stereocenters. The zero-order chi connectivity index (χ0) is 9.84. The third kappa shape index (κ3) is 2.25. The molecule has 0 amide bonds. The molecule has 2 aliphatic carbocycles. The van der Waals surface area contributed by atoms with E-state index in [9.17, 15) is 0 Å². The van der Waals surface area contributed by atoms with Crippen LogP contribution in [0.1, 0.15) is 46.0 Å². The smallest absolute Gasteiger partial charge is 0.0146 e. The number of rotatable bonds is 1. The Balaban J connectivity index is 0.000000396. The van der Waals surface area contributed by atoms with Gasteiger partial charge in [-0.3, -0.25) is 0 Å². The molecule has 2 saturated carbocycles. The van der Waals surface area contributed by atoms with Gasteiger partial charge in [-0.05, 0) is 51.6 Å². The van der Waals surface area contributed by atoms with Gasteiger partial charge in [0.1, 0.15) is 0 Å². The quantitative estimate of drug-likeness (QED) is 0.603. The number of nitrogens with zero attached hydrogens (tertiary/aromatic N) is 1. The van der Waals surface area contributed by atoms with E-state index in [1.165, 1.54) is 32.1 Å². The molecule has 1 heteroatoms. The lowest BCUT2D eigenvalue weighted by atomic mass is 9.83. The average Bonchev–Trinajstić information content (AvgIpc) is 2.41. The normalized spacial score (nSPS) is 37.2. The first kappa shape index (κ1) is 11.0. The summed E-state index contributed by atoms with van der Waals surface area (Å²) in [5.41, 5.74) is 0. The molecule has 2 aliphatic rings. The van der Waals surface area contributed by atoms with Gasteiger partial charge in [-0.25, -0.2) is 0 Å². The van der Waals surface area contributed by atoms with Gasteiger partial charge in [0.2, 0.25) is 0 Å². The summed E-state index contributed by atoms with van der Waals surface area (Å²) in [4.78, 5) is 2.46. The summed E-state index contributed by atoms with van der Waals surface area (Å²) in [5.74, 6) is 2.09. The minimum Gasteiger partial charge on any atom is -0.306 e. The maximum Gasteiger partial charge on any atom is 0.0146 e. The minimum absolute atomic E-state index is 0.934. The van der Waals surface area contributed by atoms with Gasteiger partial charge in [0.05, 0.1) is 0 Å². The Morgan fingerprint density at radius 2 is 1.31 bits per heavy atom. The van der Waals surface area contributed by atoms with Gasteiger partial charge in [-0.15, -0.1) is 0 Å². The molecule has 1 nitrogen and oxygen atoms in total. The highest BCUT2D eigenvalue weighted by molar-refractivity contribution is 4.93. The van der Waals surface area contributed by atoms with Gasteiger partial charge in [0.15, 0.2) is 0 Å². The standard InChI is InChI=1S/C10H19N.C2H6/c1-11(2)10-8-4-3-5-9(10)7-6-8;1-2/h8-10H,3-7H2,1-2H3;1-2H3. The first-order valence-corrected chi connectivity index (χ1v) is 5.95. The van der Waals surface area contributed by atoms with E-state index in [2.05, 4.69) is 19.0 Å². The van der Waals surface area contributed by atoms with Crippen LogP contribution in [0.4, 0.5) is 0 Å². The van der Waals surface area contributed by atoms with Crippen molar-refractivity contribution in [3.8, 4) is 0 Å². The highest BCUT2D eigenvalue weighted by Crippen LogP contribution is 2.43. The van der Waals surface area contributed by atoms with Crippen LogP contribution >= 0.6 is 0 Å². The van der Waals surface area contributed by atoms with Crippen LogP contribution in [0.3, 0.4) is 0 Å². The van der Waals surface area contributed by atoms with Crippen molar-refractivity contribution in [2.75, 3.05) is 14.1 Å². The molecule has 2 atom stereocenters. The van der Waals surface area contributed by atoms with E-state index >= 15 is 0 Å². The Labute approximate surface area is 83.5 Å². The van der Waals surface area contributed by atoms with Crippen molar-refractivity contribution in [1.29, 1.82) is 0 Å². The molecule has 13 heavy (non-hydrogen) atoms. The summed E-state index contributed by atoms with van der Waals surface area (Å²) in [6, 6.07) is 0.934. The third-order valence-electron chi connectivity index (χ3n) is 3.62. The SMILES string of the molecule is CC.CN(C)C1C2CCCC1CC2. The van der Waals surface area contributed by atoms with Crippen LogP contribution in [0.5, 0.6) is 0 Å². The van der Waals surface area contributed by atoms with Crippen LogP contribution in [-0.4, -0.2) is 25.0 Å². The topological polar surface area (TPSA) is 3.24 Å². The predicted octanol–water partition coefficient (Wildman–Crippen LogP) is 3.15. The maximum absolute atomic E-state index is 2.46. The Morgan fingerprint density at radius 3 is 1.62 bits per heavy atom. The highest BCUT2D eigenvalue weighted by Gasteiger charge is 2.39. The van der Waals surface area contributed by atoms with Crippen molar-refractivity contribution >= 4 is 0 Å². The molecule has 2 bridgehead atoms. The van der Waals surface area contributed by atoms with Gasteiger partial charge < -0.3 is 4.90 Å². The van der Waals surface area contributed by atoms with Crippen LogP contribution in [-0.2, 0) is 0 Å². The van der Waals surface area contributed by atoms with E-state index in [0.29, 0.717) is 0 Å². The van der Waals surface area contributed by atoms with E-state index in [4.69, 9.17) is 0 Å². The Morgan fingerprint density at radius 1 is 0.846 bits per heavy atom. The fourth-order valence-corrected chi connectivity index (χ4v) is 3.27. The summed E-state index contributed by atoms with van der Waals surface area (Å²) in [6.45, 7) is 4.00. The molecule has 2 fully saturated rings. The Bertz CT molecular complexity index is 126. The molecule has 78 valence electrons. The third-order valence-corrected chi connectivity index (χ3v) is 3.62. The zero-order valence-electron chi connectivity index (χ0n) is 9.71. The molecule has 0 aromatic rings. The molecule has 0 N–H and O–H groups in total. The molecule has 0 spiro atoms. The Kier molecular flexibility index (Phi) is 4.24. The van der Waals surface area contributed by atoms with Gasteiger partial charge in [-0.1, -0.05) is 20.3 Å². The second kappa shape index (κ2) is 4.99. The molecule has 0 aromatic carbocycles. The minimum atomic E-state index is 0.934. The maximum atomic E-state index is 2.46. The molecule has 0 heterocycles. The van der Waals surface area contributed by atoms with Crippen LogP contribution in [0.2, 0.25) is 0 Å². The predicted molar refractivity (Wildman–Crippen MR) is 58.9 cm³/mol. The molecular weight excluding hydrogens is 158 g/mol. The van der Waals surface area contributed by atoms with E-state index in [1.807, 2.05) is 13.8 Å². The van der Waals surface area contributed by atoms with Crippen molar-refractivity contribution in [1.82, 2.24) is 4.90 Å². The van der Waals surface area contributed by atoms with Crippen LogP contribution in [0.15, 0.2) is 0 Å². The second-order valence-electron chi connectivity index (χ2n) is 4.48. The van der Waals surface area contributed by atoms with Crippen molar-refractivity contribution in [3.05, 3.63) is 0 Å². The van der Waals surface area contributed by atoms with E-state index in [0.717, 1.165) is 17.9 Å². The summed E-state index contributed by atoms with van der Waals surface area (Å²) in [5, 5.41) is 0. The lowest BCUT2D eigenvalue weighted by molar-refractivity contribution is 0.147. The zero-order valence-corrected chi connectivity index (χ0v) is 9.71. The van der Waals surface area contributed by atoms with Gasteiger partial charge in [0, 0.05) is 6.04 Å². The molecular formula is C12H25N. The fourth-order valence-electron chi connectivity index (χ4n) is 3.27. The van der Waals surface area contributed by atoms with Crippen molar-refractivity contribution < 1.29 is 0 Å². The fraction of sp³-hybridized carbons (Fsp3) is 1.00. The lowest BCUT2D eigenvalue weighted by Crippen LogP contribution is -2.38. The van der Waals surface area contributed by atoms with Gasteiger partial charge in [0.25, 0.3) is 0 Å². The summed E-state index contributed by atoms with van der Waals surface area (Å²) in [7, 11) is 4.50. The van der Waals surface area contributed by atoms with Gasteiger partial charge in [-0.2, -0.15) is 0 Å². The number of fused-ring (bicyclic) bond motifs is 2. The first-order valence-electron chi connectivity index (χ1n) is 5.95. The average molecular weight is 183 g/mol. The van der Waals surface area contributed by atoms with E-state index in [-0.39, 0.29) is 0 Å². The monoisotopic (exact) mass is 183 g/mol. The Hall–Kier alpha value is -0.0400. The molecule has 0 radical (unpaired) electrons. The highest BCUT2D eigenvalue weighted by atomic mass is 15.1. The largest absolute Gasteiger partial charge is 0.306 e.